The fourth-order valence-electron chi connectivity index (χ4n) is 0.455. The molecule has 0 saturated heterocycles. The Morgan fingerprint density at radius 1 is 1.00 bits per heavy atom. The first-order chi connectivity index (χ1) is 5.04. The zero-order valence-corrected chi connectivity index (χ0v) is 4.59. The first kappa shape index (κ1) is 5.70. The van der Waals surface area contributed by atoms with Crippen LogP contribution in [0.2, 0.25) is 0 Å². The van der Waals surface area contributed by atoms with E-state index in [4.69, 9.17) is 1.37 Å². The van der Waals surface area contributed by atoms with Gasteiger partial charge in [-0.1, -0.05) is 0 Å². The Bertz CT molecular complexity index is 271. The summed E-state index contributed by atoms with van der Waals surface area (Å²) in [6, 6.07) is -0.727. The van der Waals surface area contributed by atoms with Crippen molar-refractivity contribution in [3.05, 3.63) is 35.4 Å². The van der Waals surface area contributed by atoms with E-state index in [1.165, 1.54) is 0 Å². The summed E-state index contributed by atoms with van der Waals surface area (Å²) in [6.07, 6.45) is 0. The van der Waals surface area contributed by atoms with Gasteiger partial charge in [0, 0.05) is 0 Å². The van der Waals surface area contributed by atoms with Crippen LogP contribution >= 0.6 is 0 Å². The van der Waals surface area contributed by atoms with E-state index in [9.17, 15) is 17.6 Å². The minimum atomic E-state index is -1.95. The van der Waals surface area contributed by atoms with Gasteiger partial charge in [0.05, 0.1) is 1.37 Å². The lowest BCUT2D eigenvalue weighted by Crippen LogP contribution is -1.93. The molecule has 0 heterocycles. The standard InChI is InChI=1S/C6H2F4/c7-3-1-2-4(8)6(10)5(3)9/h1-2H/i1D. The fraction of sp³-hybridized carbons (Fsp3) is 0. The molecule has 54 valence electrons. The first-order valence-corrected chi connectivity index (χ1v) is 2.33. The highest BCUT2D eigenvalue weighted by atomic mass is 19.2. The Labute approximate surface area is 55.5 Å². The van der Waals surface area contributed by atoms with Crippen molar-refractivity contribution >= 4 is 0 Å². The molecule has 1 rings (SSSR count). The number of hydrogen-bond acceptors (Lipinski definition) is 0. The highest BCUT2D eigenvalue weighted by molar-refractivity contribution is 5.10. The van der Waals surface area contributed by atoms with Crippen LogP contribution in [0.4, 0.5) is 17.6 Å². The summed E-state index contributed by atoms with van der Waals surface area (Å²) in [7, 11) is 0. The summed E-state index contributed by atoms with van der Waals surface area (Å²) in [4.78, 5) is 0. The normalized spacial score (nSPS) is 11.4. The Kier molecular flexibility index (Phi) is 1.30. The van der Waals surface area contributed by atoms with Crippen molar-refractivity contribution in [1.82, 2.24) is 0 Å². The molecule has 0 radical (unpaired) electrons. The maximum atomic E-state index is 12.2. The first-order valence-electron chi connectivity index (χ1n) is 2.83. The molecule has 0 saturated carbocycles. The van der Waals surface area contributed by atoms with Gasteiger partial charge < -0.3 is 0 Å². The van der Waals surface area contributed by atoms with Gasteiger partial charge in [-0.15, -0.1) is 0 Å². The Morgan fingerprint density at radius 3 is 2.10 bits per heavy atom. The van der Waals surface area contributed by atoms with Gasteiger partial charge in [-0.2, -0.15) is 0 Å². The van der Waals surface area contributed by atoms with Crippen LogP contribution in [0, 0.1) is 23.3 Å². The summed E-state index contributed by atoms with van der Waals surface area (Å²) in [5.74, 6) is -7.08. The molecule has 0 aliphatic heterocycles. The quantitative estimate of drug-likeness (QED) is 0.303. The summed E-state index contributed by atoms with van der Waals surface area (Å²) < 4.78 is 55.1. The van der Waals surface area contributed by atoms with Crippen molar-refractivity contribution in [2.75, 3.05) is 0 Å². The fourth-order valence-corrected chi connectivity index (χ4v) is 0.455. The average Bonchev–Trinajstić information content (AvgIpc) is 1.97. The molecular formula is C6H2F4. The number of benzene rings is 1. The Hall–Kier alpha value is -1.06. The maximum absolute atomic E-state index is 12.2. The van der Waals surface area contributed by atoms with Crippen LogP contribution in [0.1, 0.15) is 1.37 Å². The molecule has 1 aromatic rings. The number of rotatable bonds is 0. The van der Waals surface area contributed by atoms with Crippen LogP contribution in [0.15, 0.2) is 12.1 Å². The number of hydrogen-bond donors (Lipinski definition) is 0. The smallest absolute Gasteiger partial charge is 0.197 e. The second-order valence-electron chi connectivity index (χ2n) is 1.58. The van der Waals surface area contributed by atoms with Gasteiger partial charge in [0.25, 0.3) is 0 Å². The second-order valence-corrected chi connectivity index (χ2v) is 1.58. The van der Waals surface area contributed by atoms with Gasteiger partial charge in [-0.05, 0) is 12.1 Å². The topological polar surface area (TPSA) is 0 Å². The summed E-state index contributed by atoms with van der Waals surface area (Å²) in [6.45, 7) is 0. The van der Waals surface area contributed by atoms with E-state index < -0.39 is 29.3 Å². The minimum absolute atomic E-state index is 0.272. The molecule has 0 nitrogen and oxygen atoms in total. The van der Waals surface area contributed by atoms with E-state index in [-0.39, 0.29) is 6.07 Å². The lowest BCUT2D eigenvalue weighted by atomic mass is 10.3. The van der Waals surface area contributed by atoms with Gasteiger partial charge >= 0.3 is 0 Å². The Balaban J connectivity index is 3.46. The lowest BCUT2D eigenvalue weighted by Gasteiger charge is -1.93. The van der Waals surface area contributed by atoms with E-state index in [1.807, 2.05) is 0 Å². The molecule has 0 N–H and O–H groups in total. The van der Waals surface area contributed by atoms with Crippen molar-refractivity contribution in [3.8, 4) is 0 Å². The molecule has 0 amide bonds. The lowest BCUT2D eigenvalue weighted by molar-refractivity contribution is 0.409. The summed E-state index contributed by atoms with van der Waals surface area (Å²) >= 11 is 0. The zero-order valence-electron chi connectivity index (χ0n) is 5.59. The van der Waals surface area contributed by atoms with Gasteiger partial charge in [0.1, 0.15) is 0 Å². The van der Waals surface area contributed by atoms with E-state index in [1.54, 1.807) is 0 Å². The summed E-state index contributed by atoms with van der Waals surface area (Å²) in [5, 5.41) is 0. The van der Waals surface area contributed by atoms with Gasteiger partial charge in [0.2, 0.25) is 0 Å². The largest absolute Gasteiger partial charge is 0.204 e. The predicted molar refractivity (Wildman–Crippen MR) is 26.3 cm³/mol. The minimum Gasteiger partial charge on any atom is -0.204 e. The van der Waals surface area contributed by atoms with E-state index in [0.717, 1.165) is 0 Å². The highest BCUT2D eigenvalue weighted by Crippen LogP contribution is 2.12. The van der Waals surface area contributed by atoms with Gasteiger partial charge in [-0.25, -0.2) is 17.6 Å². The van der Waals surface area contributed by atoms with E-state index in [0.29, 0.717) is 0 Å². The third-order valence-corrected chi connectivity index (χ3v) is 0.921. The molecule has 0 unspecified atom stereocenters. The van der Waals surface area contributed by atoms with Crippen molar-refractivity contribution in [2.45, 2.75) is 0 Å². The van der Waals surface area contributed by atoms with Crippen LogP contribution in [0.5, 0.6) is 0 Å². The molecule has 4 heteroatoms. The average molecular weight is 151 g/mol. The molecule has 0 atom stereocenters. The van der Waals surface area contributed by atoms with Crippen LogP contribution in [-0.2, 0) is 0 Å². The molecule has 10 heavy (non-hydrogen) atoms. The Morgan fingerprint density at radius 2 is 1.50 bits per heavy atom. The third-order valence-electron chi connectivity index (χ3n) is 0.921. The maximum Gasteiger partial charge on any atom is 0.197 e. The van der Waals surface area contributed by atoms with Crippen LogP contribution in [0.25, 0.3) is 0 Å². The van der Waals surface area contributed by atoms with Crippen LogP contribution in [0.3, 0.4) is 0 Å². The third kappa shape index (κ3) is 0.964. The predicted octanol–water partition coefficient (Wildman–Crippen LogP) is 2.24. The van der Waals surface area contributed by atoms with E-state index >= 15 is 0 Å². The summed E-state index contributed by atoms with van der Waals surface area (Å²) in [5.41, 5.74) is 0. The highest BCUT2D eigenvalue weighted by Gasteiger charge is 2.11. The zero-order chi connectivity index (χ0) is 8.59. The molecule has 0 spiro atoms. The van der Waals surface area contributed by atoms with Crippen molar-refractivity contribution in [1.29, 1.82) is 0 Å². The number of halogens is 4. The molecule has 0 bridgehead atoms. The van der Waals surface area contributed by atoms with Crippen molar-refractivity contribution < 1.29 is 18.9 Å². The molecule has 0 aromatic heterocycles. The van der Waals surface area contributed by atoms with Crippen LogP contribution < -0.4 is 0 Å². The van der Waals surface area contributed by atoms with E-state index in [2.05, 4.69) is 0 Å². The van der Waals surface area contributed by atoms with Gasteiger partial charge in [-0.3, -0.25) is 0 Å². The van der Waals surface area contributed by atoms with Crippen molar-refractivity contribution in [3.63, 3.8) is 0 Å². The SMILES string of the molecule is [2H]c1cc(F)c(F)c(F)c1F. The molecule has 0 fully saturated rings. The molecular weight excluding hydrogens is 148 g/mol. The molecule has 0 aliphatic rings. The molecule has 0 aliphatic carbocycles. The second kappa shape index (κ2) is 2.28. The van der Waals surface area contributed by atoms with Gasteiger partial charge in [0.15, 0.2) is 23.3 Å². The van der Waals surface area contributed by atoms with Crippen LogP contribution in [-0.4, -0.2) is 0 Å². The molecule has 1 aromatic carbocycles. The monoisotopic (exact) mass is 151 g/mol. The van der Waals surface area contributed by atoms with Crippen molar-refractivity contribution in [2.24, 2.45) is 0 Å².